The predicted octanol–water partition coefficient (Wildman–Crippen LogP) is 1.60. The molecule has 1 fully saturated rings. The van der Waals surface area contributed by atoms with E-state index in [1.807, 2.05) is 13.0 Å². The molecule has 1 saturated heterocycles. The molecule has 0 unspecified atom stereocenters. The Kier molecular flexibility index (Phi) is 5.71. The molecular weight excluding hydrogens is 386 g/mol. The molecule has 6 nitrogen and oxygen atoms in total. The Morgan fingerprint density at radius 3 is 2.15 bits per heavy atom. The zero-order chi connectivity index (χ0) is 19.7. The number of aliphatic hydroxyl groups is 1. The zero-order valence-corrected chi connectivity index (χ0v) is 16.7. The van der Waals surface area contributed by atoms with E-state index < -0.39 is 37.8 Å². The van der Waals surface area contributed by atoms with Crippen LogP contribution in [0.5, 0.6) is 0 Å². The highest BCUT2D eigenvalue weighted by molar-refractivity contribution is 7.92. The number of aryl methyl sites for hydroxylation is 1. The third-order valence-electron chi connectivity index (χ3n) is 4.78. The predicted molar refractivity (Wildman–Crippen MR) is 103 cm³/mol. The van der Waals surface area contributed by atoms with E-state index in [9.17, 15) is 21.9 Å². The Morgan fingerprint density at radius 2 is 1.63 bits per heavy atom. The van der Waals surface area contributed by atoms with E-state index in [0.29, 0.717) is 0 Å². The van der Waals surface area contributed by atoms with Crippen LogP contribution in [0.25, 0.3) is 0 Å². The van der Waals surface area contributed by atoms with E-state index in [-0.39, 0.29) is 17.2 Å². The molecule has 0 aromatic heterocycles. The van der Waals surface area contributed by atoms with Crippen molar-refractivity contribution in [2.75, 3.05) is 11.5 Å². The Hall–Kier alpha value is -1.74. The highest BCUT2D eigenvalue weighted by Crippen LogP contribution is 2.27. The number of sulfone groups is 1. The van der Waals surface area contributed by atoms with Crippen LogP contribution in [0.1, 0.15) is 18.1 Å². The van der Waals surface area contributed by atoms with E-state index in [2.05, 4.69) is 0 Å². The Labute approximate surface area is 160 Å². The second-order valence-corrected chi connectivity index (χ2v) is 10.8. The van der Waals surface area contributed by atoms with E-state index in [1.165, 1.54) is 12.1 Å². The summed E-state index contributed by atoms with van der Waals surface area (Å²) in [5.74, 6) is -0.805. The van der Waals surface area contributed by atoms with Gasteiger partial charge in [0, 0.05) is 6.54 Å². The van der Waals surface area contributed by atoms with Crippen LogP contribution in [0.15, 0.2) is 59.5 Å². The fraction of sp³-hybridized carbons (Fsp3) is 0.368. The minimum absolute atomic E-state index is 0.00402. The summed E-state index contributed by atoms with van der Waals surface area (Å²) in [4.78, 5) is 0.0899. The summed E-state index contributed by atoms with van der Waals surface area (Å²) in [5.41, 5.74) is 1.73. The average Bonchev–Trinajstić information content (AvgIpc) is 2.92. The molecule has 0 radical (unpaired) electrons. The third-order valence-corrected chi connectivity index (χ3v) is 8.37. The number of sulfonamides is 1. The van der Waals surface area contributed by atoms with Gasteiger partial charge in [-0.1, -0.05) is 49.4 Å². The molecule has 1 aliphatic rings. The summed E-state index contributed by atoms with van der Waals surface area (Å²) in [7, 11) is -7.47. The van der Waals surface area contributed by atoms with E-state index in [4.69, 9.17) is 0 Å². The summed E-state index contributed by atoms with van der Waals surface area (Å²) < 4.78 is 51.7. The maximum Gasteiger partial charge on any atom is 0.243 e. The smallest absolute Gasteiger partial charge is 0.243 e. The Balaban J connectivity index is 2.02. The molecule has 3 rings (SSSR count). The fourth-order valence-electron chi connectivity index (χ4n) is 3.26. The highest BCUT2D eigenvalue weighted by atomic mass is 32.2. The van der Waals surface area contributed by atoms with E-state index >= 15 is 0 Å². The van der Waals surface area contributed by atoms with Gasteiger partial charge in [0.15, 0.2) is 9.84 Å². The fourth-order valence-corrected chi connectivity index (χ4v) is 6.80. The lowest BCUT2D eigenvalue weighted by Gasteiger charge is -2.29. The summed E-state index contributed by atoms with van der Waals surface area (Å²) in [6.07, 6.45) is -0.461. The molecule has 146 valence electrons. The number of hydrogen-bond donors (Lipinski definition) is 1. The van der Waals surface area contributed by atoms with Crippen molar-refractivity contribution in [3.63, 3.8) is 0 Å². The lowest BCUT2D eigenvalue weighted by Crippen LogP contribution is -2.46. The number of nitrogens with zero attached hydrogens (tertiary/aromatic N) is 1. The summed E-state index contributed by atoms with van der Waals surface area (Å²) >= 11 is 0. The quantitative estimate of drug-likeness (QED) is 0.782. The molecule has 0 saturated carbocycles. The topological polar surface area (TPSA) is 91.8 Å². The second kappa shape index (κ2) is 7.71. The first kappa shape index (κ1) is 20.0. The van der Waals surface area contributed by atoms with Gasteiger partial charge in [-0.15, -0.1) is 0 Å². The van der Waals surface area contributed by atoms with E-state index in [0.717, 1.165) is 21.9 Å². The van der Waals surface area contributed by atoms with Gasteiger partial charge < -0.3 is 5.11 Å². The van der Waals surface area contributed by atoms with Crippen LogP contribution in [0.4, 0.5) is 0 Å². The molecule has 1 heterocycles. The molecule has 1 aliphatic heterocycles. The zero-order valence-electron chi connectivity index (χ0n) is 15.0. The van der Waals surface area contributed by atoms with Gasteiger partial charge in [0.1, 0.15) is 0 Å². The average molecular weight is 410 g/mol. The monoisotopic (exact) mass is 409 g/mol. The standard InChI is InChI=1S/C19H23NO5S2/c1-2-15-8-10-17(11-9-15)27(24,25)20(12-16-6-4-3-5-7-16)18-13-26(22,23)14-19(18)21/h3-11,18-19,21H,2,12-14H2,1H3/t18-,19-/m1/s1. The molecule has 0 amide bonds. The largest absolute Gasteiger partial charge is 0.390 e. The van der Waals surface area contributed by atoms with Gasteiger partial charge in [-0.05, 0) is 29.7 Å². The molecule has 8 heteroatoms. The number of aliphatic hydroxyl groups excluding tert-OH is 1. The molecular formula is C19H23NO5S2. The maximum atomic E-state index is 13.3. The van der Waals surface area contributed by atoms with E-state index in [1.54, 1.807) is 36.4 Å². The SMILES string of the molecule is CCc1ccc(S(=O)(=O)N(Cc2ccccc2)[C@@H]2CS(=O)(=O)C[C@H]2O)cc1. The second-order valence-electron chi connectivity index (χ2n) is 6.74. The van der Waals surface area contributed by atoms with Crippen LogP contribution in [0, 0.1) is 0 Å². The Bertz CT molecular complexity index is 986. The highest BCUT2D eigenvalue weighted by Gasteiger charge is 2.44. The normalized spacial score (nSPS) is 22.2. The molecule has 0 aliphatic carbocycles. The van der Waals surface area contributed by atoms with Gasteiger partial charge in [0.2, 0.25) is 10.0 Å². The lowest BCUT2D eigenvalue weighted by molar-refractivity contribution is 0.125. The van der Waals surface area contributed by atoms with Gasteiger partial charge in [-0.2, -0.15) is 4.31 Å². The molecule has 2 aromatic carbocycles. The van der Waals surface area contributed by atoms with Crippen LogP contribution >= 0.6 is 0 Å². The number of rotatable bonds is 6. The first-order chi connectivity index (χ1) is 12.7. The van der Waals surface area contributed by atoms with Gasteiger partial charge in [-0.25, -0.2) is 16.8 Å². The van der Waals surface area contributed by atoms with Crippen molar-refractivity contribution in [3.05, 3.63) is 65.7 Å². The summed E-state index contributed by atoms with van der Waals surface area (Å²) in [6, 6.07) is 14.5. The molecule has 2 atom stereocenters. The van der Waals surface area contributed by atoms with Crippen LogP contribution in [0.2, 0.25) is 0 Å². The number of hydrogen-bond acceptors (Lipinski definition) is 5. The van der Waals surface area contributed by atoms with Crippen molar-refractivity contribution >= 4 is 19.9 Å². The van der Waals surface area contributed by atoms with Gasteiger partial charge in [-0.3, -0.25) is 0 Å². The third kappa shape index (κ3) is 4.40. The lowest BCUT2D eigenvalue weighted by atomic mass is 10.2. The Morgan fingerprint density at radius 1 is 1.00 bits per heavy atom. The van der Waals surface area contributed by atoms with Crippen molar-refractivity contribution in [2.24, 2.45) is 0 Å². The molecule has 0 spiro atoms. The number of benzene rings is 2. The van der Waals surface area contributed by atoms with Gasteiger partial charge >= 0.3 is 0 Å². The van der Waals surface area contributed by atoms with Crippen molar-refractivity contribution in [1.29, 1.82) is 0 Å². The van der Waals surface area contributed by atoms with Gasteiger partial charge in [0.05, 0.1) is 28.5 Å². The van der Waals surface area contributed by atoms with Crippen LogP contribution in [0.3, 0.4) is 0 Å². The van der Waals surface area contributed by atoms with Crippen molar-refractivity contribution in [1.82, 2.24) is 4.31 Å². The van der Waals surface area contributed by atoms with Crippen molar-refractivity contribution in [3.8, 4) is 0 Å². The van der Waals surface area contributed by atoms with Crippen molar-refractivity contribution < 1.29 is 21.9 Å². The maximum absolute atomic E-state index is 13.3. The van der Waals surface area contributed by atoms with Crippen LogP contribution < -0.4 is 0 Å². The summed E-state index contributed by atoms with van der Waals surface area (Å²) in [5, 5.41) is 10.3. The minimum atomic E-state index is -3.98. The van der Waals surface area contributed by atoms with Gasteiger partial charge in [0.25, 0.3) is 0 Å². The first-order valence-corrected chi connectivity index (χ1v) is 12.0. The molecule has 1 N–H and O–H groups in total. The van der Waals surface area contributed by atoms with Crippen LogP contribution in [-0.4, -0.2) is 49.9 Å². The van der Waals surface area contributed by atoms with Crippen LogP contribution in [-0.2, 0) is 32.8 Å². The van der Waals surface area contributed by atoms with Crippen molar-refractivity contribution in [2.45, 2.75) is 36.9 Å². The molecule has 27 heavy (non-hydrogen) atoms. The molecule has 2 aromatic rings. The summed E-state index contributed by atoms with van der Waals surface area (Å²) in [6.45, 7) is 1.97. The first-order valence-electron chi connectivity index (χ1n) is 8.76. The minimum Gasteiger partial charge on any atom is -0.390 e. The molecule has 0 bridgehead atoms.